The van der Waals surface area contributed by atoms with Gasteiger partial charge in [-0.3, -0.25) is 0 Å². The van der Waals surface area contributed by atoms with E-state index in [1.165, 1.54) is 0 Å². The summed E-state index contributed by atoms with van der Waals surface area (Å²) in [4.78, 5) is 0. The number of aromatic nitrogens is 1. The van der Waals surface area contributed by atoms with Crippen molar-refractivity contribution in [2.75, 3.05) is 0 Å². The third kappa shape index (κ3) is 2.08. The molecule has 0 aliphatic rings. The van der Waals surface area contributed by atoms with Crippen LogP contribution in [0.4, 0.5) is 0 Å². The topological polar surface area (TPSA) is 14.2 Å². The summed E-state index contributed by atoms with van der Waals surface area (Å²) in [5, 5.41) is 1.89. The predicted molar refractivity (Wildman–Crippen MR) is 67.9 cm³/mol. The average Bonchev–Trinajstić information content (AvgIpc) is 2.55. The standard InChI is InChI=1S/C13H16ClNO/c1-9(2)16-8-10-7-11-12(14)5-4-6-13(11)15(10)3/h4-7,9H,8H2,1-3H3. The van der Waals surface area contributed by atoms with Crippen molar-refractivity contribution in [2.45, 2.75) is 26.6 Å². The molecule has 3 heteroatoms. The quantitative estimate of drug-likeness (QED) is 0.793. The highest BCUT2D eigenvalue weighted by Gasteiger charge is 2.08. The van der Waals surface area contributed by atoms with Crippen molar-refractivity contribution >= 4 is 22.5 Å². The lowest BCUT2D eigenvalue weighted by Gasteiger charge is -2.08. The minimum atomic E-state index is 0.244. The number of fused-ring (bicyclic) bond motifs is 1. The molecule has 16 heavy (non-hydrogen) atoms. The van der Waals surface area contributed by atoms with Crippen LogP contribution in [0, 0.1) is 0 Å². The second kappa shape index (κ2) is 4.48. The fourth-order valence-corrected chi connectivity index (χ4v) is 1.99. The third-order valence-electron chi connectivity index (χ3n) is 2.70. The summed E-state index contributed by atoms with van der Waals surface area (Å²) < 4.78 is 7.74. The van der Waals surface area contributed by atoms with Gasteiger partial charge in [-0.25, -0.2) is 0 Å². The fraction of sp³-hybridized carbons (Fsp3) is 0.385. The maximum Gasteiger partial charge on any atom is 0.0871 e. The van der Waals surface area contributed by atoms with Gasteiger partial charge in [0.25, 0.3) is 0 Å². The summed E-state index contributed by atoms with van der Waals surface area (Å²) in [6, 6.07) is 8.05. The summed E-state index contributed by atoms with van der Waals surface area (Å²) in [6.07, 6.45) is 0.244. The summed E-state index contributed by atoms with van der Waals surface area (Å²) in [5.41, 5.74) is 2.30. The first kappa shape index (κ1) is 11.5. The minimum Gasteiger partial charge on any atom is -0.373 e. The molecule has 1 heterocycles. The molecule has 0 saturated heterocycles. The first-order valence-electron chi connectivity index (χ1n) is 5.44. The fourth-order valence-electron chi connectivity index (χ4n) is 1.77. The molecule has 2 nitrogen and oxygen atoms in total. The highest BCUT2D eigenvalue weighted by molar-refractivity contribution is 6.35. The zero-order valence-electron chi connectivity index (χ0n) is 9.83. The van der Waals surface area contributed by atoms with Crippen LogP contribution in [0.1, 0.15) is 19.5 Å². The van der Waals surface area contributed by atoms with Gasteiger partial charge in [-0.2, -0.15) is 0 Å². The van der Waals surface area contributed by atoms with E-state index in [0.29, 0.717) is 6.61 Å². The molecule has 0 saturated carbocycles. The van der Waals surface area contributed by atoms with Gasteiger partial charge < -0.3 is 9.30 Å². The van der Waals surface area contributed by atoms with Crippen LogP contribution in [0.25, 0.3) is 10.9 Å². The molecular formula is C13H16ClNO. The van der Waals surface area contributed by atoms with Gasteiger partial charge in [0.15, 0.2) is 0 Å². The zero-order valence-corrected chi connectivity index (χ0v) is 10.6. The predicted octanol–water partition coefficient (Wildman–Crippen LogP) is 3.76. The van der Waals surface area contributed by atoms with E-state index in [9.17, 15) is 0 Å². The van der Waals surface area contributed by atoms with Crippen molar-refractivity contribution in [3.8, 4) is 0 Å². The van der Waals surface area contributed by atoms with Gasteiger partial charge >= 0.3 is 0 Å². The van der Waals surface area contributed by atoms with Crippen LogP contribution in [0.5, 0.6) is 0 Å². The van der Waals surface area contributed by atoms with Crippen molar-refractivity contribution in [3.63, 3.8) is 0 Å². The van der Waals surface area contributed by atoms with Crippen LogP contribution in [0.2, 0.25) is 5.02 Å². The largest absolute Gasteiger partial charge is 0.373 e. The van der Waals surface area contributed by atoms with E-state index in [-0.39, 0.29) is 6.10 Å². The van der Waals surface area contributed by atoms with E-state index in [0.717, 1.165) is 21.6 Å². The van der Waals surface area contributed by atoms with E-state index in [1.54, 1.807) is 0 Å². The Labute approximate surface area is 101 Å². The highest BCUT2D eigenvalue weighted by Crippen LogP contribution is 2.26. The van der Waals surface area contributed by atoms with Gasteiger partial charge in [0.1, 0.15) is 0 Å². The number of hydrogen-bond donors (Lipinski definition) is 0. The van der Waals surface area contributed by atoms with E-state index >= 15 is 0 Å². The lowest BCUT2D eigenvalue weighted by molar-refractivity contribution is 0.0624. The Balaban J connectivity index is 2.40. The Morgan fingerprint density at radius 1 is 1.38 bits per heavy atom. The lowest BCUT2D eigenvalue weighted by atomic mass is 10.2. The van der Waals surface area contributed by atoms with Gasteiger partial charge in [0, 0.05) is 28.7 Å². The number of aryl methyl sites for hydroxylation is 1. The second-order valence-electron chi connectivity index (χ2n) is 4.23. The molecule has 0 amide bonds. The van der Waals surface area contributed by atoms with Crippen LogP contribution < -0.4 is 0 Å². The molecule has 0 radical (unpaired) electrons. The molecule has 0 fully saturated rings. The third-order valence-corrected chi connectivity index (χ3v) is 3.03. The highest BCUT2D eigenvalue weighted by atomic mass is 35.5. The number of benzene rings is 1. The van der Waals surface area contributed by atoms with E-state index in [4.69, 9.17) is 16.3 Å². The zero-order chi connectivity index (χ0) is 11.7. The van der Waals surface area contributed by atoms with Crippen LogP contribution in [-0.2, 0) is 18.4 Å². The van der Waals surface area contributed by atoms with Gasteiger partial charge in [-0.05, 0) is 32.0 Å². The smallest absolute Gasteiger partial charge is 0.0871 e. The van der Waals surface area contributed by atoms with Crippen LogP contribution in [-0.4, -0.2) is 10.7 Å². The number of ether oxygens (including phenoxy) is 1. The van der Waals surface area contributed by atoms with E-state index in [1.807, 2.05) is 33.0 Å². The SMILES string of the molecule is CC(C)OCc1cc2c(Cl)cccc2n1C. The Hall–Kier alpha value is -0.990. The molecule has 1 aromatic heterocycles. The molecule has 86 valence electrons. The molecule has 1 aromatic carbocycles. The van der Waals surface area contributed by atoms with Crippen molar-refractivity contribution < 1.29 is 4.74 Å². The van der Waals surface area contributed by atoms with E-state index < -0.39 is 0 Å². The summed E-state index contributed by atoms with van der Waals surface area (Å²) in [6.45, 7) is 4.70. The number of hydrogen-bond acceptors (Lipinski definition) is 1. The molecule has 0 aliphatic carbocycles. The monoisotopic (exact) mass is 237 g/mol. The first-order valence-corrected chi connectivity index (χ1v) is 5.82. The van der Waals surface area contributed by atoms with Gasteiger partial charge in [-0.15, -0.1) is 0 Å². The molecule has 0 bridgehead atoms. The molecule has 0 spiro atoms. The molecule has 0 atom stereocenters. The van der Waals surface area contributed by atoms with E-state index in [2.05, 4.69) is 16.7 Å². The molecular weight excluding hydrogens is 222 g/mol. The molecule has 0 N–H and O–H groups in total. The first-order chi connectivity index (χ1) is 7.59. The van der Waals surface area contributed by atoms with Gasteiger partial charge in [0.2, 0.25) is 0 Å². The summed E-state index contributed by atoms with van der Waals surface area (Å²) in [5.74, 6) is 0. The number of halogens is 1. The van der Waals surface area contributed by atoms with Crippen LogP contribution >= 0.6 is 11.6 Å². The van der Waals surface area contributed by atoms with Crippen molar-refractivity contribution in [1.82, 2.24) is 4.57 Å². The molecule has 2 aromatic rings. The Morgan fingerprint density at radius 2 is 2.12 bits per heavy atom. The molecule has 0 aliphatic heterocycles. The lowest BCUT2D eigenvalue weighted by Crippen LogP contribution is -2.05. The number of rotatable bonds is 3. The number of nitrogens with zero attached hydrogens (tertiary/aromatic N) is 1. The maximum absolute atomic E-state index is 6.15. The van der Waals surface area contributed by atoms with Crippen molar-refractivity contribution in [2.24, 2.45) is 7.05 Å². The summed E-state index contributed by atoms with van der Waals surface area (Å²) >= 11 is 6.15. The van der Waals surface area contributed by atoms with Gasteiger partial charge in [-0.1, -0.05) is 17.7 Å². The average molecular weight is 238 g/mol. The van der Waals surface area contributed by atoms with Crippen molar-refractivity contribution in [1.29, 1.82) is 0 Å². The van der Waals surface area contributed by atoms with Crippen LogP contribution in [0.3, 0.4) is 0 Å². The Bertz CT molecular complexity index is 502. The summed E-state index contributed by atoms with van der Waals surface area (Å²) in [7, 11) is 2.04. The van der Waals surface area contributed by atoms with Gasteiger partial charge in [0.05, 0.1) is 12.7 Å². The Kier molecular flexibility index (Phi) is 3.22. The normalized spacial score (nSPS) is 11.6. The minimum absolute atomic E-state index is 0.244. The second-order valence-corrected chi connectivity index (χ2v) is 4.63. The van der Waals surface area contributed by atoms with Crippen molar-refractivity contribution in [3.05, 3.63) is 35.0 Å². The van der Waals surface area contributed by atoms with Crippen LogP contribution in [0.15, 0.2) is 24.3 Å². The maximum atomic E-state index is 6.15. The molecule has 2 rings (SSSR count). The molecule has 0 unspecified atom stereocenters. The Morgan fingerprint density at radius 3 is 2.75 bits per heavy atom.